The van der Waals surface area contributed by atoms with Gasteiger partial charge in [0.25, 0.3) is 0 Å². The molecule has 1 aromatic rings. The molecule has 0 spiro atoms. The average Bonchev–Trinajstić information content (AvgIpc) is 2.36. The molecule has 0 saturated heterocycles. The molecule has 3 nitrogen and oxygen atoms in total. The first-order chi connectivity index (χ1) is 8.98. The van der Waals surface area contributed by atoms with E-state index in [2.05, 4.69) is 49.1 Å². The van der Waals surface area contributed by atoms with E-state index in [1.54, 1.807) is 0 Å². The molecule has 1 heterocycles. The highest BCUT2D eigenvalue weighted by atomic mass is 15.1. The van der Waals surface area contributed by atoms with Crippen LogP contribution in [0.2, 0.25) is 0 Å². The van der Waals surface area contributed by atoms with Crippen molar-refractivity contribution in [1.29, 1.82) is 0 Å². The van der Waals surface area contributed by atoms with E-state index in [1.165, 1.54) is 11.3 Å². The quantitative estimate of drug-likeness (QED) is 0.762. The maximum atomic E-state index is 4.23. The first-order valence-electron chi connectivity index (χ1n) is 6.62. The van der Waals surface area contributed by atoms with E-state index in [0.717, 1.165) is 19.6 Å². The molecule has 1 aromatic heterocycles. The van der Waals surface area contributed by atoms with E-state index in [4.69, 9.17) is 0 Å². The summed E-state index contributed by atoms with van der Waals surface area (Å²) in [4.78, 5) is 6.47. The first kappa shape index (κ1) is 15.4. The van der Waals surface area contributed by atoms with Crippen molar-refractivity contribution in [3.63, 3.8) is 0 Å². The summed E-state index contributed by atoms with van der Waals surface area (Å²) in [6, 6.07) is 2.05. The molecular weight excluding hydrogens is 234 g/mol. The number of hydrogen-bond acceptors (Lipinski definition) is 3. The molecule has 0 aromatic carbocycles. The van der Waals surface area contributed by atoms with Crippen molar-refractivity contribution < 1.29 is 0 Å². The maximum Gasteiger partial charge on any atom is 0.0448 e. The number of anilines is 1. The Kier molecular flexibility index (Phi) is 5.77. The van der Waals surface area contributed by atoms with Crippen LogP contribution < -0.4 is 10.2 Å². The third kappa shape index (κ3) is 5.26. The van der Waals surface area contributed by atoms with Crippen molar-refractivity contribution in [3.8, 4) is 0 Å². The Hall–Kier alpha value is -1.61. The molecule has 0 radical (unpaired) electrons. The standard InChI is InChI=1S/C16H25N3/c1-6-10-19(11-7-2)15-8-9-17-12-14(15)13-18-16(3,4)5/h6-9,12,18H,1-2,10-11,13H2,3-5H3. The third-order valence-corrected chi connectivity index (χ3v) is 2.73. The van der Waals surface area contributed by atoms with Crippen LogP contribution >= 0.6 is 0 Å². The number of aromatic nitrogens is 1. The van der Waals surface area contributed by atoms with Gasteiger partial charge in [-0.25, -0.2) is 0 Å². The zero-order valence-corrected chi connectivity index (χ0v) is 12.3. The highest BCUT2D eigenvalue weighted by Crippen LogP contribution is 2.20. The van der Waals surface area contributed by atoms with Crippen LogP contribution in [0.1, 0.15) is 26.3 Å². The molecule has 19 heavy (non-hydrogen) atoms. The molecule has 0 fully saturated rings. The topological polar surface area (TPSA) is 28.2 Å². The molecule has 0 amide bonds. The number of hydrogen-bond donors (Lipinski definition) is 1. The van der Waals surface area contributed by atoms with Crippen molar-refractivity contribution in [2.45, 2.75) is 32.9 Å². The Labute approximate surface area is 117 Å². The smallest absolute Gasteiger partial charge is 0.0448 e. The normalized spacial score (nSPS) is 11.1. The van der Waals surface area contributed by atoms with Gasteiger partial charge in [-0.05, 0) is 26.8 Å². The second-order valence-electron chi connectivity index (χ2n) is 5.59. The predicted molar refractivity (Wildman–Crippen MR) is 83.4 cm³/mol. The van der Waals surface area contributed by atoms with E-state index in [1.807, 2.05) is 30.6 Å². The molecule has 1 N–H and O–H groups in total. The van der Waals surface area contributed by atoms with Crippen LogP contribution in [-0.2, 0) is 6.54 Å². The number of nitrogens with zero attached hydrogens (tertiary/aromatic N) is 2. The van der Waals surface area contributed by atoms with Crippen LogP contribution in [-0.4, -0.2) is 23.6 Å². The van der Waals surface area contributed by atoms with Gasteiger partial charge < -0.3 is 10.2 Å². The second kappa shape index (κ2) is 7.10. The highest BCUT2D eigenvalue weighted by Gasteiger charge is 2.13. The molecule has 0 atom stereocenters. The minimum atomic E-state index is 0.0921. The van der Waals surface area contributed by atoms with Gasteiger partial charge in [0.15, 0.2) is 0 Å². The van der Waals surface area contributed by atoms with E-state index in [0.29, 0.717) is 0 Å². The Morgan fingerprint density at radius 3 is 2.42 bits per heavy atom. The van der Waals surface area contributed by atoms with Gasteiger partial charge in [-0.3, -0.25) is 4.98 Å². The molecule has 0 aliphatic heterocycles. The minimum absolute atomic E-state index is 0.0921. The summed E-state index contributed by atoms with van der Waals surface area (Å²) in [5, 5.41) is 3.50. The van der Waals surface area contributed by atoms with Crippen molar-refractivity contribution in [1.82, 2.24) is 10.3 Å². The predicted octanol–water partition coefficient (Wildman–Crippen LogP) is 3.15. The Bertz CT molecular complexity index is 408. The Morgan fingerprint density at radius 2 is 1.89 bits per heavy atom. The summed E-state index contributed by atoms with van der Waals surface area (Å²) in [5.41, 5.74) is 2.47. The van der Waals surface area contributed by atoms with Crippen LogP contribution in [0.5, 0.6) is 0 Å². The van der Waals surface area contributed by atoms with Gasteiger partial charge in [0, 0.05) is 48.8 Å². The van der Waals surface area contributed by atoms with Gasteiger partial charge in [0.05, 0.1) is 0 Å². The molecule has 0 bridgehead atoms. The molecule has 3 heteroatoms. The summed E-state index contributed by atoms with van der Waals surface area (Å²) in [6.07, 6.45) is 7.57. The average molecular weight is 259 g/mol. The van der Waals surface area contributed by atoms with Crippen molar-refractivity contribution >= 4 is 5.69 Å². The third-order valence-electron chi connectivity index (χ3n) is 2.73. The van der Waals surface area contributed by atoms with Crippen molar-refractivity contribution in [2.75, 3.05) is 18.0 Å². The highest BCUT2D eigenvalue weighted by molar-refractivity contribution is 5.53. The van der Waals surface area contributed by atoms with Gasteiger partial charge in [0.2, 0.25) is 0 Å². The van der Waals surface area contributed by atoms with Gasteiger partial charge in [-0.1, -0.05) is 12.2 Å². The maximum absolute atomic E-state index is 4.23. The van der Waals surface area contributed by atoms with Crippen LogP contribution in [0.3, 0.4) is 0 Å². The number of pyridine rings is 1. The van der Waals surface area contributed by atoms with Crippen LogP contribution in [0.4, 0.5) is 5.69 Å². The Morgan fingerprint density at radius 1 is 1.26 bits per heavy atom. The van der Waals surface area contributed by atoms with Gasteiger partial charge >= 0.3 is 0 Å². The largest absolute Gasteiger partial charge is 0.364 e. The molecule has 1 rings (SSSR count). The number of nitrogens with one attached hydrogen (secondary N) is 1. The fourth-order valence-electron chi connectivity index (χ4n) is 1.81. The van der Waals surface area contributed by atoms with Crippen molar-refractivity contribution in [3.05, 3.63) is 49.3 Å². The van der Waals surface area contributed by atoms with E-state index in [9.17, 15) is 0 Å². The monoisotopic (exact) mass is 259 g/mol. The molecule has 0 aliphatic rings. The molecule has 0 saturated carbocycles. The molecular formula is C16H25N3. The zero-order valence-electron chi connectivity index (χ0n) is 12.3. The molecule has 0 aliphatic carbocycles. The van der Waals surface area contributed by atoms with Crippen molar-refractivity contribution in [2.24, 2.45) is 0 Å². The second-order valence-corrected chi connectivity index (χ2v) is 5.59. The molecule has 104 valence electrons. The fourth-order valence-corrected chi connectivity index (χ4v) is 1.81. The summed E-state index contributed by atoms with van der Waals surface area (Å²) >= 11 is 0. The summed E-state index contributed by atoms with van der Waals surface area (Å²) < 4.78 is 0. The lowest BCUT2D eigenvalue weighted by Crippen LogP contribution is -2.36. The van der Waals surface area contributed by atoms with Crippen LogP contribution in [0, 0.1) is 0 Å². The van der Waals surface area contributed by atoms with Gasteiger partial charge in [0.1, 0.15) is 0 Å². The first-order valence-corrected chi connectivity index (χ1v) is 6.62. The van der Waals surface area contributed by atoms with E-state index >= 15 is 0 Å². The SMILES string of the molecule is C=CCN(CC=C)c1ccncc1CNC(C)(C)C. The van der Waals surface area contributed by atoms with E-state index < -0.39 is 0 Å². The number of rotatable bonds is 7. The lowest BCUT2D eigenvalue weighted by molar-refractivity contribution is 0.424. The molecule has 0 unspecified atom stereocenters. The zero-order chi connectivity index (χ0) is 14.3. The minimum Gasteiger partial charge on any atom is -0.364 e. The van der Waals surface area contributed by atoms with Gasteiger partial charge in [-0.2, -0.15) is 0 Å². The lowest BCUT2D eigenvalue weighted by atomic mass is 10.1. The van der Waals surface area contributed by atoms with Crippen LogP contribution in [0.15, 0.2) is 43.8 Å². The van der Waals surface area contributed by atoms with Crippen LogP contribution in [0.25, 0.3) is 0 Å². The lowest BCUT2D eigenvalue weighted by Gasteiger charge is -2.26. The fraction of sp³-hybridized carbons (Fsp3) is 0.438. The summed E-state index contributed by atoms with van der Waals surface area (Å²) in [5.74, 6) is 0. The van der Waals surface area contributed by atoms with E-state index in [-0.39, 0.29) is 5.54 Å². The van der Waals surface area contributed by atoms with Gasteiger partial charge in [-0.15, -0.1) is 13.2 Å². The summed E-state index contributed by atoms with van der Waals surface area (Å²) in [7, 11) is 0. The summed E-state index contributed by atoms with van der Waals surface area (Å²) in [6.45, 7) is 16.5. The Balaban J connectivity index is 2.92.